The van der Waals surface area contributed by atoms with Crippen molar-refractivity contribution < 1.29 is 18.0 Å². The molecule has 1 aromatic rings. The first-order chi connectivity index (χ1) is 11.7. The molecular weight excluding hydrogens is 391 g/mol. The zero-order valence-corrected chi connectivity index (χ0v) is 15.6. The molecule has 1 heterocycles. The van der Waals surface area contributed by atoms with Gasteiger partial charge in [0.2, 0.25) is 15.9 Å². The minimum atomic E-state index is -3.79. The van der Waals surface area contributed by atoms with Gasteiger partial charge in [0.15, 0.2) is 0 Å². The number of sulfonamides is 1. The third kappa shape index (κ3) is 5.05. The molecule has 2 rings (SSSR count). The number of nitrogens with zero attached hydrogens (tertiary/aromatic N) is 2. The second-order valence-corrected chi connectivity index (χ2v) is 8.15. The second kappa shape index (κ2) is 8.33. The summed E-state index contributed by atoms with van der Waals surface area (Å²) in [6.45, 7) is 1.80. The van der Waals surface area contributed by atoms with Crippen molar-refractivity contribution in [3.8, 4) is 0 Å². The van der Waals surface area contributed by atoms with Gasteiger partial charge in [-0.05, 0) is 12.1 Å². The lowest BCUT2D eigenvalue weighted by Gasteiger charge is -2.34. The average molecular weight is 409 g/mol. The Morgan fingerprint density at radius 1 is 1.12 bits per heavy atom. The van der Waals surface area contributed by atoms with Crippen LogP contribution in [0.25, 0.3) is 0 Å². The summed E-state index contributed by atoms with van der Waals surface area (Å²) in [5, 5.41) is 2.15. The van der Waals surface area contributed by atoms with E-state index < -0.39 is 22.0 Å². The number of benzene rings is 1. The lowest BCUT2D eigenvalue weighted by atomic mass is 10.3. The number of nitrogens with one attached hydrogen (secondary N) is 1. The Hall–Kier alpha value is -1.39. The fourth-order valence-corrected chi connectivity index (χ4v) is 5.02. The van der Waals surface area contributed by atoms with Gasteiger partial charge in [-0.3, -0.25) is 10.1 Å². The quantitative estimate of drug-likeness (QED) is 0.750. The predicted octanol–water partition coefficient (Wildman–Crippen LogP) is 0.885. The van der Waals surface area contributed by atoms with E-state index in [0.717, 1.165) is 0 Å². The zero-order valence-electron chi connectivity index (χ0n) is 13.2. The smallest absolute Gasteiger partial charge is 0.318 e. The SMILES string of the molecule is NC(=O)NC(=O)CCN1CCN(S(=O)(=O)c2c(Cl)cccc2Cl)CC1. The molecule has 8 nitrogen and oxygen atoms in total. The number of carbonyl (C=O) groups excluding carboxylic acids is 2. The molecule has 3 amide bonds. The number of hydrogen-bond acceptors (Lipinski definition) is 5. The Balaban J connectivity index is 1.95. The van der Waals surface area contributed by atoms with Gasteiger partial charge in [-0.15, -0.1) is 0 Å². The van der Waals surface area contributed by atoms with Crippen LogP contribution in [0.4, 0.5) is 4.79 Å². The van der Waals surface area contributed by atoms with Crippen LogP contribution in [-0.4, -0.2) is 62.3 Å². The summed E-state index contributed by atoms with van der Waals surface area (Å²) in [4.78, 5) is 23.8. The molecule has 3 N–H and O–H groups in total. The number of halogens is 2. The van der Waals surface area contributed by atoms with Crippen molar-refractivity contribution in [2.45, 2.75) is 11.3 Å². The maximum Gasteiger partial charge on any atom is 0.318 e. The van der Waals surface area contributed by atoms with Crippen molar-refractivity contribution in [2.24, 2.45) is 5.73 Å². The van der Waals surface area contributed by atoms with E-state index in [0.29, 0.717) is 19.6 Å². The molecule has 0 unspecified atom stereocenters. The predicted molar refractivity (Wildman–Crippen MR) is 94.0 cm³/mol. The Morgan fingerprint density at radius 3 is 2.20 bits per heavy atom. The van der Waals surface area contributed by atoms with Crippen LogP contribution in [0.15, 0.2) is 23.1 Å². The van der Waals surface area contributed by atoms with Crippen molar-refractivity contribution in [2.75, 3.05) is 32.7 Å². The van der Waals surface area contributed by atoms with Gasteiger partial charge in [0.25, 0.3) is 0 Å². The fraction of sp³-hybridized carbons (Fsp3) is 0.429. The van der Waals surface area contributed by atoms with Gasteiger partial charge in [-0.1, -0.05) is 29.3 Å². The maximum absolute atomic E-state index is 12.7. The molecule has 0 saturated carbocycles. The molecular formula is C14H18Cl2N4O4S. The van der Waals surface area contributed by atoms with Crippen molar-refractivity contribution in [1.82, 2.24) is 14.5 Å². The van der Waals surface area contributed by atoms with Crippen LogP contribution in [0.5, 0.6) is 0 Å². The fourth-order valence-electron chi connectivity index (χ4n) is 2.51. The Labute approximate surface area is 155 Å². The highest BCUT2D eigenvalue weighted by atomic mass is 35.5. The summed E-state index contributed by atoms with van der Waals surface area (Å²) in [5.41, 5.74) is 4.87. The van der Waals surface area contributed by atoms with Gasteiger partial charge in [0.1, 0.15) is 4.90 Å². The summed E-state index contributed by atoms with van der Waals surface area (Å²) in [5.74, 6) is -0.467. The van der Waals surface area contributed by atoms with Crippen LogP contribution < -0.4 is 11.1 Å². The average Bonchev–Trinajstić information content (AvgIpc) is 2.52. The highest BCUT2D eigenvalue weighted by Gasteiger charge is 2.31. The molecule has 0 atom stereocenters. The first-order valence-electron chi connectivity index (χ1n) is 7.47. The Kier molecular flexibility index (Phi) is 6.64. The van der Waals surface area contributed by atoms with E-state index in [1.807, 2.05) is 10.2 Å². The van der Waals surface area contributed by atoms with Crippen molar-refractivity contribution in [3.05, 3.63) is 28.2 Å². The number of rotatable bonds is 5. The van der Waals surface area contributed by atoms with Crippen molar-refractivity contribution >= 4 is 45.2 Å². The summed E-state index contributed by atoms with van der Waals surface area (Å²) in [7, 11) is -3.79. The van der Waals surface area contributed by atoms with E-state index in [-0.39, 0.29) is 34.5 Å². The maximum atomic E-state index is 12.7. The molecule has 0 bridgehead atoms. The third-order valence-corrected chi connectivity index (χ3v) is 6.62. The molecule has 138 valence electrons. The lowest BCUT2D eigenvalue weighted by molar-refractivity contribution is -0.120. The zero-order chi connectivity index (χ0) is 18.6. The second-order valence-electron chi connectivity index (χ2n) is 5.46. The van der Waals surface area contributed by atoms with E-state index in [4.69, 9.17) is 28.9 Å². The molecule has 1 aliphatic rings. The van der Waals surface area contributed by atoms with Crippen LogP contribution in [-0.2, 0) is 14.8 Å². The van der Waals surface area contributed by atoms with E-state index >= 15 is 0 Å². The molecule has 0 aliphatic carbocycles. The molecule has 1 fully saturated rings. The van der Waals surface area contributed by atoms with E-state index in [9.17, 15) is 18.0 Å². The van der Waals surface area contributed by atoms with Crippen LogP contribution in [0.2, 0.25) is 10.0 Å². The number of urea groups is 1. The number of hydrogen-bond donors (Lipinski definition) is 2. The number of nitrogens with two attached hydrogens (primary N) is 1. The number of carbonyl (C=O) groups is 2. The van der Waals surface area contributed by atoms with Gasteiger partial charge in [-0.2, -0.15) is 4.31 Å². The van der Waals surface area contributed by atoms with Crippen molar-refractivity contribution in [1.29, 1.82) is 0 Å². The topological polar surface area (TPSA) is 113 Å². The minimum Gasteiger partial charge on any atom is -0.351 e. The largest absolute Gasteiger partial charge is 0.351 e. The number of piperazine rings is 1. The first kappa shape index (κ1) is 19.9. The van der Waals surface area contributed by atoms with Gasteiger partial charge in [0, 0.05) is 39.1 Å². The number of primary amides is 1. The van der Waals surface area contributed by atoms with Crippen molar-refractivity contribution in [3.63, 3.8) is 0 Å². The third-order valence-electron chi connectivity index (χ3n) is 3.77. The first-order valence-corrected chi connectivity index (χ1v) is 9.67. The number of amides is 3. The molecule has 0 radical (unpaired) electrons. The van der Waals surface area contributed by atoms with E-state index in [2.05, 4.69) is 0 Å². The van der Waals surface area contributed by atoms with Crippen LogP contribution in [0, 0.1) is 0 Å². The summed E-state index contributed by atoms with van der Waals surface area (Å²) in [6.07, 6.45) is 0.103. The van der Waals surface area contributed by atoms with Crippen LogP contribution >= 0.6 is 23.2 Å². The standard InChI is InChI=1S/C14H18Cl2N4O4S/c15-10-2-1-3-11(16)13(10)25(23,24)20-8-6-19(7-9-20)5-4-12(21)18-14(17)22/h1-3H,4-9H2,(H3,17,18,21,22). The van der Waals surface area contributed by atoms with Crippen LogP contribution in [0.1, 0.15) is 6.42 Å². The Morgan fingerprint density at radius 2 is 1.68 bits per heavy atom. The molecule has 1 aliphatic heterocycles. The molecule has 0 aromatic heterocycles. The Bertz CT molecular complexity index is 744. The molecule has 0 spiro atoms. The van der Waals surface area contributed by atoms with Gasteiger partial charge < -0.3 is 10.6 Å². The van der Waals surface area contributed by atoms with E-state index in [1.165, 1.54) is 16.4 Å². The number of imide groups is 1. The minimum absolute atomic E-state index is 0.0815. The normalized spacial score (nSPS) is 16.6. The highest BCUT2D eigenvalue weighted by molar-refractivity contribution is 7.89. The summed E-state index contributed by atoms with van der Waals surface area (Å²) < 4.78 is 26.8. The van der Waals surface area contributed by atoms with Crippen LogP contribution in [0.3, 0.4) is 0 Å². The molecule has 25 heavy (non-hydrogen) atoms. The lowest BCUT2D eigenvalue weighted by Crippen LogP contribution is -2.49. The van der Waals surface area contributed by atoms with Gasteiger partial charge in [0.05, 0.1) is 10.0 Å². The van der Waals surface area contributed by atoms with E-state index in [1.54, 1.807) is 6.07 Å². The highest BCUT2D eigenvalue weighted by Crippen LogP contribution is 2.31. The molecule has 1 saturated heterocycles. The van der Waals surface area contributed by atoms with Gasteiger partial charge in [-0.25, -0.2) is 13.2 Å². The summed E-state index contributed by atoms with van der Waals surface area (Å²) in [6, 6.07) is 3.65. The summed E-state index contributed by atoms with van der Waals surface area (Å²) >= 11 is 12.0. The molecule has 11 heteroatoms. The van der Waals surface area contributed by atoms with Gasteiger partial charge >= 0.3 is 6.03 Å². The monoisotopic (exact) mass is 408 g/mol. The molecule has 1 aromatic carbocycles.